The Morgan fingerprint density at radius 2 is 0.654 bits per heavy atom. The van der Waals surface area contributed by atoms with E-state index in [1.807, 2.05) is 0 Å². The monoisotopic (exact) mass is 656 g/mol. The van der Waals surface area contributed by atoms with E-state index in [1.165, 1.54) is 110 Å². The highest BCUT2D eigenvalue weighted by Crippen LogP contribution is 2.54. The second kappa shape index (κ2) is 11.4. The van der Waals surface area contributed by atoms with Gasteiger partial charge in [0.1, 0.15) is 0 Å². The van der Waals surface area contributed by atoms with Crippen molar-refractivity contribution in [2.24, 2.45) is 0 Å². The summed E-state index contributed by atoms with van der Waals surface area (Å²) < 4.78 is 0. The normalized spacial score (nSPS) is 11.8. The zero-order valence-electron chi connectivity index (χ0n) is 28.5. The summed E-state index contributed by atoms with van der Waals surface area (Å²) in [7, 11) is 0. The second-order valence-electron chi connectivity index (χ2n) is 14.0. The highest BCUT2D eigenvalue weighted by Gasteiger charge is 2.26. The molecule has 1 aliphatic carbocycles. The lowest BCUT2D eigenvalue weighted by molar-refractivity contribution is 1.60. The minimum atomic E-state index is 1.22. The Balaban J connectivity index is 1.28. The topological polar surface area (TPSA) is 0 Å². The van der Waals surface area contributed by atoms with E-state index in [-0.39, 0.29) is 0 Å². The molecule has 0 fully saturated rings. The molecule has 0 N–H and O–H groups in total. The molecule has 0 radical (unpaired) electrons. The van der Waals surface area contributed by atoms with Crippen LogP contribution in [0.25, 0.3) is 110 Å². The van der Waals surface area contributed by atoms with Crippen molar-refractivity contribution in [1.82, 2.24) is 0 Å². The smallest absolute Gasteiger partial charge is 0.00199 e. The molecule has 0 atom stereocenters. The maximum Gasteiger partial charge on any atom is -0.00199 e. The van der Waals surface area contributed by atoms with Crippen LogP contribution in [0.15, 0.2) is 194 Å². The van der Waals surface area contributed by atoms with Gasteiger partial charge in [-0.1, -0.05) is 164 Å². The standard InChI is InChI=1S/C52H32/c1-3-14-33(15-4-1)35-19-11-21-38(28-35)50-42-24-9-10-25-43(42)51(39-22-12-20-36(29-39)34-16-5-2-6-17-34)49-32-46-45(31-48(49)50)44-27-13-26-41-40-23-8-7-18-37(40)30-47(46)52(41)44/h1-32H. The van der Waals surface area contributed by atoms with Crippen molar-refractivity contribution in [3.8, 4) is 66.8 Å². The number of fused-ring (bicyclic) bond motifs is 7. The molecule has 0 amide bonds. The molecular weight excluding hydrogens is 625 g/mol. The molecule has 0 spiro atoms. The molecule has 1 aliphatic rings. The van der Waals surface area contributed by atoms with E-state index in [2.05, 4.69) is 194 Å². The van der Waals surface area contributed by atoms with E-state index < -0.39 is 0 Å². The predicted octanol–water partition coefficient (Wildman–Crippen LogP) is 14.6. The first-order valence-electron chi connectivity index (χ1n) is 18.1. The number of rotatable bonds is 4. The van der Waals surface area contributed by atoms with Crippen molar-refractivity contribution in [2.75, 3.05) is 0 Å². The fourth-order valence-electron chi connectivity index (χ4n) is 8.86. The Morgan fingerprint density at radius 3 is 1.25 bits per heavy atom. The lowest BCUT2D eigenvalue weighted by atomic mass is 9.83. The van der Waals surface area contributed by atoms with Gasteiger partial charge in [0.05, 0.1) is 0 Å². The number of hydrogen-bond acceptors (Lipinski definition) is 0. The summed E-state index contributed by atoms with van der Waals surface area (Å²) in [5.41, 5.74) is 15.2. The summed E-state index contributed by atoms with van der Waals surface area (Å²) in [4.78, 5) is 0. The molecule has 52 heavy (non-hydrogen) atoms. The summed E-state index contributed by atoms with van der Waals surface area (Å²) in [6, 6.07) is 71.8. The molecule has 240 valence electrons. The van der Waals surface area contributed by atoms with E-state index in [1.54, 1.807) is 0 Å². The molecule has 0 heteroatoms. The fourth-order valence-corrected chi connectivity index (χ4v) is 8.86. The summed E-state index contributed by atoms with van der Waals surface area (Å²) >= 11 is 0. The minimum Gasteiger partial charge on any atom is -0.0622 e. The Bertz CT molecular complexity index is 3040. The van der Waals surface area contributed by atoms with Crippen LogP contribution >= 0.6 is 0 Å². The first-order chi connectivity index (χ1) is 25.8. The molecule has 0 saturated carbocycles. The van der Waals surface area contributed by atoms with Crippen molar-refractivity contribution in [2.45, 2.75) is 0 Å². The van der Waals surface area contributed by atoms with Gasteiger partial charge in [-0.15, -0.1) is 0 Å². The Labute approximate surface area is 302 Å². The van der Waals surface area contributed by atoms with Gasteiger partial charge >= 0.3 is 0 Å². The second-order valence-corrected chi connectivity index (χ2v) is 14.0. The van der Waals surface area contributed by atoms with Gasteiger partial charge in [-0.3, -0.25) is 0 Å². The van der Waals surface area contributed by atoms with Gasteiger partial charge in [0.15, 0.2) is 0 Å². The van der Waals surface area contributed by atoms with Crippen molar-refractivity contribution < 1.29 is 0 Å². The van der Waals surface area contributed by atoms with Crippen molar-refractivity contribution >= 4 is 43.1 Å². The quantitative estimate of drug-likeness (QED) is 0.131. The van der Waals surface area contributed by atoms with E-state index in [0.29, 0.717) is 0 Å². The Hall–Kier alpha value is -6.76. The maximum atomic E-state index is 2.51. The number of hydrogen-bond donors (Lipinski definition) is 0. The molecular formula is C52H32. The molecule has 0 bridgehead atoms. The lowest BCUT2D eigenvalue weighted by Gasteiger charge is -2.20. The molecule has 0 aromatic heterocycles. The predicted molar refractivity (Wildman–Crippen MR) is 223 cm³/mol. The van der Waals surface area contributed by atoms with Crippen LogP contribution in [0.3, 0.4) is 0 Å². The van der Waals surface area contributed by atoms with E-state index >= 15 is 0 Å². The third-order valence-corrected chi connectivity index (χ3v) is 11.1. The fraction of sp³-hybridized carbons (Fsp3) is 0. The highest BCUT2D eigenvalue weighted by atomic mass is 14.3. The maximum absolute atomic E-state index is 2.51. The van der Waals surface area contributed by atoms with Gasteiger partial charge in [0.25, 0.3) is 0 Å². The molecule has 0 saturated heterocycles. The average molecular weight is 657 g/mol. The molecule has 0 unspecified atom stereocenters. The molecule has 10 aromatic carbocycles. The van der Waals surface area contributed by atoms with Crippen molar-refractivity contribution in [3.05, 3.63) is 194 Å². The molecule has 0 aliphatic heterocycles. The summed E-state index contributed by atoms with van der Waals surface area (Å²) in [5, 5.41) is 10.3. The van der Waals surface area contributed by atoms with E-state index in [4.69, 9.17) is 0 Å². The van der Waals surface area contributed by atoms with Gasteiger partial charge in [-0.05, 0) is 140 Å². The number of benzene rings is 10. The van der Waals surface area contributed by atoms with Crippen molar-refractivity contribution in [3.63, 3.8) is 0 Å². The largest absolute Gasteiger partial charge is 0.0622 e. The minimum absolute atomic E-state index is 1.22. The van der Waals surface area contributed by atoms with Crippen LogP contribution in [0.4, 0.5) is 0 Å². The SMILES string of the molecule is c1ccc(-c2cccc(-c3c4ccccc4c(-c4cccc(-c5ccccc5)c4)c4cc5c(cc34)-c3cccc4c3c-5cc3ccccc34)c2)cc1. The first-order valence-corrected chi connectivity index (χ1v) is 18.1. The lowest BCUT2D eigenvalue weighted by Crippen LogP contribution is -1.93. The summed E-state index contributed by atoms with van der Waals surface area (Å²) in [5.74, 6) is 0. The average Bonchev–Trinajstić information content (AvgIpc) is 3.52. The van der Waals surface area contributed by atoms with Crippen LogP contribution in [0.5, 0.6) is 0 Å². The van der Waals surface area contributed by atoms with Gasteiger partial charge in [0, 0.05) is 0 Å². The zero-order chi connectivity index (χ0) is 34.2. The van der Waals surface area contributed by atoms with Crippen LogP contribution < -0.4 is 0 Å². The van der Waals surface area contributed by atoms with Gasteiger partial charge < -0.3 is 0 Å². The van der Waals surface area contributed by atoms with Gasteiger partial charge in [-0.25, -0.2) is 0 Å². The molecule has 11 rings (SSSR count). The van der Waals surface area contributed by atoms with Gasteiger partial charge in [0.2, 0.25) is 0 Å². The van der Waals surface area contributed by atoms with Crippen LogP contribution in [0.1, 0.15) is 0 Å². The highest BCUT2D eigenvalue weighted by molar-refractivity contribution is 6.28. The van der Waals surface area contributed by atoms with Gasteiger partial charge in [-0.2, -0.15) is 0 Å². The van der Waals surface area contributed by atoms with E-state index in [0.717, 1.165) is 0 Å². The Kier molecular flexibility index (Phi) is 6.35. The van der Waals surface area contributed by atoms with Crippen LogP contribution in [-0.2, 0) is 0 Å². The van der Waals surface area contributed by atoms with Crippen LogP contribution in [-0.4, -0.2) is 0 Å². The van der Waals surface area contributed by atoms with Crippen LogP contribution in [0, 0.1) is 0 Å². The summed E-state index contributed by atoms with van der Waals surface area (Å²) in [6.45, 7) is 0. The van der Waals surface area contributed by atoms with Crippen molar-refractivity contribution in [1.29, 1.82) is 0 Å². The zero-order valence-corrected chi connectivity index (χ0v) is 28.5. The third kappa shape index (κ3) is 4.35. The molecule has 0 heterocycles. The summed E-state index contributed by atoms with van der Waals surface area (Å²) in [6.07, 6.45) is 0. The third-order valence-electron chi connectivity index (χ3n) is 11.1. The first kappa shape index (κ1) is 29.0. The van der Waals surface area contributed by atoms with E-state index in [9.17, 15) is 0 Å². The van der Waals surface area contributed by atoms with Crippen LogP contribution in [0.2, 0.25) is 0 Å². The molecule has 0 nitrogen and oxygen atoms in total. The Morgan fingerprint density at radius 1 is 0.212 bits per heavy atom. The molecule has 10 aromatic rings.